The first kappa shape index (κ1) is 16.2. The maximum absolute atomic E-state index is 12.5. The van der Waals surface area contributed by atoms with Crippen molar-refractivity contribution in [2.24, 2.45) is 0 Å². The Hall–Kier alpha value is -2.21. The van der Waals surface area contributed by atoms with Gasteiger partial charge in [0, 0.05) is 24.7 Å². The molecule has 9 heteroatoms. The molecule has 0 spiro atoms. The minimum Gasteiger partial charge on any atom is -0.285 e. The third-order valence-electron chi connectivity index (χ3n) is 2.81. The van der Waals surface area contributed by atoms with E-state index in [1.165, 1.54) is 38.4 Å². The van der Waals surface area contributed by atoms with Crippen LogP contribution in [0.5, 0.6) is 0 Å². The highest BCUT2D eigenvalue weighted by Crippen LogP contribution is 2.16. The van der Waals surface area contributed by atoms with E-state index in [-0.39, 0.29) is 17.1 Å². The van der Waals surface area contributed by atoms with Gasteiger partial charge in [-0.05, 0) is 24.3 Å². The Bertz CT molecular complexity index is 864. The van der Waals surface area contributed by atoms with Crippen LogP contribution in [0.4, 0.5) is 0 Å². The molecule has 0 aliphatic rings. The number of aromatic nitrogens is 2. The average Bonchev–Trinajstić information content (AvgIpc) is 2.92. The lowest BCUT2D eigenvalue weighted by atomic mass is 10.1. The summed E-state index contributed by atoms with van der Waals surface area (Å²) >= 11 is 5.76. The summed E-state index contributed by atoms with van der Waals surface area (Å²) in [6, 6.07) is 7.65. The molecule has 0 bridgehead atoms. The Morgan fingerprint density at radius 2 is 1.91 bits per heavy atom. The second-order valence-electron chi connectivity index (χ2n) is 4.48. The molecule has 7 nitrogen and oxygen atoms in total. The molecular weight excluding hydrogens is 328 g/mol. The Morgan fingerprint density at radius 1 is 1.32 bits per heavy atom. The molecule has 0 radical (unpaired) electrons. The predicted octanol–water partition coefficient (Wildman–Crippen LogP) is 1.29. The van der Waals surface area contributed by atoms with E-state index in [9.17, 15) is 13.2 Å². The number of nitrogens with zero attached hydrogens (tertiary/aromatic N) is 4. The van der Waals surface area contributed by atoms with E-state index < -0.39 is 16.0 Å². The SMILES string of the molecule is CN(C)S(=O)(=O)n1cc(C#N)nc1C(=O)c1ccc(Cl)cc1. The van der Waals surface area contributed by atoms with Gasteiger partial charge in [-0.1, -0.05) is 11.6 Å². The predicted molar refractivity (Wildman–Crippen MR) is 79.8 cm³/mol. The first-order chi connectivity index (χ1) is 10.3. The molecule has 0 N–H and O–H groups in total. The fraction of sp³-hybridized carbons (Fsp3) is 0.154. The van der Waals surface area contributed by atoms with E-state index in [1.807, 2.05) is 0 Å². The Balaban J connectivity index is 2.61. The molecule has 0 amide bonds. The van der Waals surface area contributed by atoms with Crippen LogP contribution in [-0.4, -0.2) is 41.6 Å². The van der Waals surface area contributed by atoms with Gasteiger partial charge in [0.1, 0.15) is 6.07 Å². The van der Waals surface area contributed by atoms with Crippen LogP contribution >= 0.6 is 11.6 Å². The maximum Gasteiger partial charge on any atom is 0.308 e. The minimum atomic E-state index is -3.97. The highest BCUT2D eigenvalue weighted by atomic mass is 35.5. The van der Waals surface area contributed by atoms with E-state index in [0.29, 0.717) is 9.00 Å². The number of hydrogen-bond donors (Lipinski definition) is 0. The lowest BCUT2D eigenvalue weighted by Gasteiger charge is -2.13. The molecule has 1 aromatic heterocycles. The van der Waals surface area contributed by atoms with Crippen LogP contribution in [-0.2, 0) is 10.2 Å². The van der Waals surface area contributed by atoms with Crippen molar-refractivity contribution in [1.29, 1.82) is 5.26 Å². The Morgan fingerprint density at radius 3 is 2.41 bits per heavy atom. The van der Waals surface area contributed by atoms with Crippen molar-refractivity contribution in [2.45, 2.75) is 0 Å². The molecule has 0 saturated heterocycles. The second-order valence-corrected chi connectivity index (χ2v) is 6.94. The average molecular weight is 339 g/mol. The third-order valence-corrected chi connectivity index (χ3v) is 4.76. The summed E-state index contributed by atoms with van der Waals surface area (Å²) in [6.07, 6.45) is 1.01. The van der Waals surface area contributed by atoms with Crippen molar-refractivity contribution in [2.75, 3.05) is 14.1 Å². The molecule has 1 heterocycles. The van der Waals surface area contributed by atoms with Gasteiger partial charge in [0.25, 0.3) is 0 Å². The van der Waals surface area contributed by atoms with Gasteiger partial charge in [-0.2, -0.15) is 18.0 Å². The van der Waals surface area contributed by atoms with Crippen molar-refractivity contribution in [3.63, 3.8) is 0 Å². The van der Waals surface area contributed by atoms with Gasteiger partial charge in [0.2, 0.25) is 5.78 Å². The van der Waals surface area contributed by atoms with E-state index in [0.717, 1.165) is 10.5 Å². The number of benzene rings is 1. The van der Waals surface area contributed by atoms with Gasteiger partial charge in [-0.25, -0.2) is 8.96 Å². The highest BCUT2D eigenvalue weighted by Gasteiger charge is 2.26. The number of hydrogen-bond acceptors (Lipinski definition) is 5. The molecule has 0 saturated carbocycles. The van der Waals surface area contributed by atoms with Crippen LogP contribution < -0.4 is 0 Å². The molecule has 22 heavy (non-hydrogen) atoms. The first-order valence-electron chi connectivity index (χ1n) is 6.00. The molecular formula is C13H11ClN4O3S. The number of rotatable bonds is 4. The van der Waals surface area contributed by atoms with E-state index in [1.54, 1.807) is 6.07 Å². The van der Waals surface area contributed by atoms with E-state index in [2.05, 4.69) is 4.98 Å². The van der Waals surface area contributed by atoms with Crippen LogP contribution in [0.25, 0.3) is 0 Å². The molecule has 0 fully saturated rings. The molecule has 1 aromatic carbocycles. The third kappa shape index (κ3) is 2.87. The van der Waals surface area contributed by atoms with Crippen LogP contribution in [0, 0.1) is 11.3 Å². The smallest absolute Gasteiger partial charge is 0.285 e. The Labute approximate surface area is 132 Å². The fourth-order valence-corrected chi connectivity index (χ4v) is 2.70. The number of ketones is 1. The zero-order valence-corrected chi connectivity index (χ0v) is 13.3. The minimum absolute atomic E-state index is 0.164. The van der Waals surface area contributed by atoms with Gasteiger partial charge in [-0.15, -0.1) is 0 Å². The molecule has 2 aromatic rings. The molecule has 2 rings (SSSR count). The normalized spacial score (nSPS) is 11.4. The van der Waals surface area contributed by atoms with Crippen molar-refractivity contribution in [3.05, 3.63) is 52.6 Å². The number of carbonyl (C=O) groups is 1. The van der Waals surface area contributed by atoms with Crippen molar-refractivity contribution in [3.8, 4) is 6.07 Å². The van der Waals surface area contributed by atoms with Gasteiger partial charge < -0.3 is 0 Å². The summed E-state index contributed by atoms with van der Waals surface area (Å²) in [7, 11) is -1.33. The molecule has 0 aliphatic heterocycles. The summed E-state index contributed by atoms with van der Waals surface area (Å²) in [5, 5.41) is 9.35. The monoisotopic (exact) mass is 338 g/mol. The van der Waals surface area contributed by atoms with Crippen molar-refractivity contribution < 1.29 is 13.2 Å². The summed E-state index contributed by atoms with van der Waals surface area (Å²) in [4.78, 5) is 16.2. The fourth-order valence-electron chi connectivity index (χ4n) is 1.65. The molecule has 0 unspecified atom stereocenters. The maximum atomic E-state index is 12.5. The standard InChI is InChI=1S/C13H11ClN4O3S/c1-17(2)22(20,21)18-8-11(7-15)16-13(18)12(19)9-3-5-10(14)6-4-9/h3-6,8H,1-2H3. The largest absolute Gasteiger partial charge is 0.308 e. The number of nitriles is 1. The topological polar surface area (TPSA) is 96.1 Å². The summed E-state index contributed by atoms with van der Waals surface area (Å²) in [6.45, 7) is 0. The van der Waals surface area contributed by atoms with Crippen molar-refractivity contribution in [1.82, 2.24) is 13.3 Å². The lowest BCUT2D eigenvalue weighted by Crippen LogP contribution is -2.30. The van der Waals surface area contributed by atoms with Gasteiger partial charge in [0.05, 0.1) is 6.20 Å². The van der Waals surface area contributed by atoms with Crippen LogP contribution in [0.2, 0.25) is 5.02 Å². The Kier molecular flexibility index (Phi) is 4.32. The second kappa shape index (κ2) is 5.88. The van der Waals surface area contributed by atoms with Crippen LogP contribution in [0.15, 0.2) is 30.5 Å². The van der Waals surface area contributed by atoms with Crippen molar-refractivity contribution >= 4 is 27.6 Å². The molecule has 114 valence electrons. The van der Waals surface area contributed by atoms with Gasteiger partial charge in [0.15, 0.2) is 11.5 Å². The number of carbonyl (C=O) groups excluding carboxylic acids is 1. The number of halogens is 1. The summed E-state index contributed by atoms with van der Waals surface area (Å²) in [5.41, 5.74) is 0.0532. The molecule has 0 atom stereocenters. The summed E-state index contributed by atoms with van der Waals surface area (Å²) in [5.74, 6) is -0.976. The van der Waals surface area contributed by atoms with Crippen LogP contribution in [0.1, 0.15) is 21.9 Å². The molecule has 0 aliphatic carbocycles. The quantitative estimate of drug-likeness (QED) is 0.783. The van der Waals surface area contributed by atoms with E-state index >= 15 is 0 Å². The highest BCUT2D eigenvalue weighted by molar-refractivity contribution is 7.87. The van der Waals surface area contributed by atoms with Gasteiger partial charge in [-0.3, -0.25) is 4.79 Å². The van der Waals surface area contributed by atoms with Gasteiger partial charge >= 0.3 is 10.2 Å². The lowest BCUT2D eigenvalue weighted by molar-refractivity contribution is 0.102. The number of imidazole rings is 1. The van der Waals surface area contributed by atoms with E-state index in [4.69, 9.17) is 16.9 Å². The zero-order chi connectivity index (χ0) is 16.5. The zero-order valence-electron chi connectivity index (χ0n) is 11.7. The van der Waals surface area contributed by atoms with Crippen LogP contribution in [0.3, 0.4) is 0 Å². The summed E-state index contributed by atoms with van der Waals surface area (Å²) < 4.78 is 26.1. The first-order valence-corrected chi connectivity index (χ1v) is 7.77.